The third-order valence-corrected chi connectivity index (χ3v) is 10.7. The molecule has 0 bridgehead atoms. The van der Waals surface area contributed by atoms with Gasteiger partial charge in [0.1, 0.15) is 0 Å². The summed E-state index contributed by atoms with van der Waals surface area (Å²) in [6.45, 7) is 6.72. The van der Waals surface area contributed by atoms with Gasteiger partial charge in [-0.2, -0.15) is 4.31 Å². The average molecular weight is 563 g/mol. The van der Waals surface area contributed by atoms with E-state index in [1.807, 2.05) is 32.0 Å². The van der Waals surface area contributed by atoms with Crippen LogP contribution in [0, 0.1) is 13.8 Å². The van der Waals surface area contributed by atoms with E-state index in [2.05, 4.69) is 18.0 Å². The molecule has 5 rings (SSSR count). The summed E-state index contributed by atoms with van der Waals surface area (Å²) in [6, 6.07) is 14.3. The Bertz CT molecular complexity index is 1560. The number of fused-ring (bicyclic) bond motifs is 1. The number of benzene rings is 2. The second-order valence-electron chi connectivity index (χ2n) is 10.1. The fraction of sp³-hybridized carbons (Fsp3) is 0.367. The van der Waals surface area contributed by atoms with Crippen LogP contribution in [0.25, 0.3) is 10.2 Å². The van der Waals surface area contributed by atoms with Crippen LogP contribution in [0.1, 0.15) is 66.1 Å². The molecule has 1 saturated carbocycles. The van der Waals surface area contributed by atoms with Crippen LogP contribution in [0.2, 0.25) is 0 Å². The van der Waals surface area contributed by atoms with E-state index in [4.69, 9.17) is 4.98 Å². The van der Waals surface area contributed by atoms with Crippen molar-refractivity contribution in [1.82, 2.24) is 14.3 Å². The first kappa shape index (κ1) is 27.4. The van der Waals surface area contributed by atoms with Gasteiger partial charge in [0, 0.05) is 30.5 Å². The van der Waals surface area contributed by atoms with Gasteiger partial charge in [0.05, 0.1) is 21.7 Å². The Morgan fingerprint density at radius 2 is 1.77 bits per heavy atom. The van der Waals surface area contributed by atoms with Gasteiger partial charge >= 0.3 is 0 Å². The molecule has 39 heavy (non-hydrogen) atoms. The molecule has 0 radical (unpaired) electrons. The molecule has 2 heterocycles. The highest BCUT2D eigenvalue weighted by molar-refractivity contribution is 7.89. The van der Waals surface area contributed by atoms with Crippen LogP contribution in [0.5, 0.6) is 0 Å². The number of anilines is 1. The van der Waals surface area contributed by atoms with Crippen molar-refractivity contribution in [3.05, 3.63) is 83.2 Å². The summed E-state index contributed by atoms with van der Waals surface area (Å²) >= 11 is 1.47. The standard InChI is InChI=1S/C30H34N4O3S2/c1-4-34(25-10-6-5-7-11-25)39(36,37)26-15-13-24(14-16-26)29(35)33(20-23-9-8-18-31-19-23)30-32-28-22(3)21(2)12-17-27(28)38-30/h8-9,12-19,25H,4-7,10-11,20H2,1-3H3. The SMILES string of the molecule is CCN(C1CCCCC1)S(=O)(=O)c1ccc(C(=O)N(Cc2cccnc2)c2nc3c(C)c(C)ccc3s2)cc1. The lowest BCUT2D eigenvalue weighted by Gasteiger charge is -2.32. The summed E-state index contributed by atoms with van der Waals surface area (Å²) in [5, 5.41) is 0.596. The zero-order chi connectivity index (χ0) is 27.6. The molecular formula is C30H34N4O3S2. The average Bonchev–Trinajstić information content (AvgIpc) is 3.40. The van der Waals surface area contributed by atoms with E-state index in [9.17, 15) is 13.2 Å². The van der Waals surface area contributed by atoms with Gasteiger partial charge in [0.15, 0.2) is 5.13 Å². The molecule has 0 aliphatic heterocycles. The maximum absolute atomic E-state index is 13.9. The quantitative estimate of drug-likeness (QED) is 0.245. The lowest BCUT2D eigenvalue weighted by molar-refractivity contribution is 0.0985. The largest absolute Gasteiger partial charge is 0.279 e. The molecule has 0 unspecified atom stereocenters. The number of hydrogen-bond donors (Lipinski definition) is 0. The predicted molar refractivity (Wildman–Crippen MR) is 157 cm³/mol. The van der Waals surface area contributed by atoms with Crippen molar-refractivity contribution in [3.8, 4) is 0 Å². The first-order valence-electron chi connectivity index (χ1n) is 13.5. The predicted octanol–water partition coefficient (Wildman–Crippen LogP) is 6.50. The molecule has 204 valence electrons. The second kappa shape index (κ2) is 11.5. The van der Waals surface area contributed by atoms with E-state index in [1.54, 1.807) is 45.9 Å². The summed E-state index contributed by atoms with van der Waals surface area (Å²) in [6.07, 6.45) is 8.51. The number of sulfonamides is 1. The third-order valence-electron chi connectivity index (χ3n) is 7.61. The van der Waals surface area contributed by atoms with Crippen LogP contribution in [-0.2, 0) is 16.6 Å². The van der Waals surface area contributed by atoms with Crippen LogP contribution < -0.4 is 4.90 Å². The van der Waals surface area contributed by atoms with E-state index in [0.717, 1.165) is 59.0 Å². The zero-order valence-electron chi connectivity index (χ0n) is 22.6. The fourth-order valence-corrected chi connectivity index (χ4v) is 8.00. The number of amides is 1. The smallest absolute Gasteiger partial charge is 0.260 e. The van der Waals surface area contributed by atoms with Gasteiger partial charge in [-0.05, 0) is 79.8 Å². The van der Waals surface area contributed by atoms with E-state index < -0.39 is 10.0 Å². The van der Waals surface area contributed by atoms with Gasteiger partial charge in [-0.1, -0.05) is 49.7 Å². The van der Waals surface area contributed by atoms with E-state index in [0.29, 0.717) is 23.8 Å². The molecule has 1 amide bonds. The third kappa shape index (κ3) is 5.62. The normalized spacial score (nSPS) is 14.7. The molecular weight excluding hydrogens is 528 g/mol. The van der Waals surface area contributed by atoms with Crippen LogP contribution in [0.3, 0.4) is 0 Å². The van der Waals surface area contributed by atoms with Gasteiger partial charge in [0.25, 0.3) is 5.91 Å². The molecule has 1 aliphatic rings. The number of aryl methyl sites for hydroxylation is 2. The molecule has 4 aromatic rings. The van der Waals surface area contributed by atoms with E-state index in [-0.39, 0.29) is 16.8 Å². The van der Waals surface area contributed by atoms with Crippen molar-refractivity contribution < 1.29 is 13.2 Å². The Kier molecular flexibility index (Phi) is 8.11. The van der Waals surface area contributed by atoms with E-state index in [1.165, 1.54) is 11.3 Å². The number of aromatic nitrogens is 2. The van der Waals surface area contributed by atoms with Crippen molar-refractivity contribution in [2.75, 3.05) is 11.4 Å². The van der Waals surface area contributed by atoms with E-state index >= 15 is 0 Å². The maximum atomic E-state index is 13.9. The highest BCUT2D eigenvalue weighted by atomic mass is 32.2. The van der Waals surface area contributed by atoms with Gasteiger partial charge in [-0.3, -0.25) is 14.7 Å². The second-order valence-corrected chi connectivity index (χ2v) is 13.0. The molecule has 0 saturated heterocycles. The minimum absolute atomic E-state index is 0.0381. The Morgan fingerprint density at radius 1 is 1.03 bits per heavy atom. The summed E-state index contributed by atoms with van der Waals surface area (Å²) in [5.41, 5.74) is 4.42. The maximum Gasteiger partial charge on any atom is 0.260 e. The number of carbonyl (C=O) groups is 1. The van der Waals surface area contributed by atoms with Crippen LogP contribution in [0.4, 0.5) is 5.13 Å². The minimum atomic E-state index is -3.65. The van der Waals surface area contributed by atoms with Gasteiger partial charge in [-0.25, -0.2) is 13.4 Å². The number of hydrogen-bond acceptors (Lipinski definition) is 6. The molecule has 2 aromatic carbocycles. The summed E-state index contributed by atoms with van der Waals surface area (Å²) in [5.74, 6) is -0.240. The molecule has 7 nitrogen and oxygen atoms in total. The molecule has 2 aromatic heterocycles. The number of pyridine rings is 1. The Hall–Kier alpha value is -3.14. The number of thiazole rings is 1. The number of rotatable bonds is 8. The summed E-state index contributed by atoms with van der Waals surface area (Å²) < 4.78 is 29.7. The first-order valence-corrected chi connectivity index (χ1v) is 15.7. The first-order chi connectivity index (χ1) is 18.8. The fourth-order valence-electron chi connectivity index (χ4n) is 5.28. The van der Waals surface area contributed by atoms with Crippen molar-refractivity contribution in [2.24, 2.45) is 0 Å². The summed E-state index contributed by atoms with van der Waals surface area (Å²) in [7, 11) is -3.65. The van der Waals surface area contributed by atoms with Crippen LogP contribution in [-0.4, -0.2) is 41.2 Å². The van der Waals surface area contributed by atoms with Gasteiger partial charge < -0.3 is 0 Å². The molecule has 1 aliphatic carbocycles. The van der Waals surface area contributed by atoms with Gasteiger partial charge in [-0.15, -0.1) is 0 Å². The lowest BCUT2D eigenvalue weighted by atomic mass is 9.95. The number of carbonyl (C=O) groups excluding carboxylic acids is 1. The Balaban J connectivity index is 1.47. The van der Waals surface area contributed by atoms with Crippen molar-refractivity contribution in [3.63, 3.8) is 0 Å². The van der Waals surface area contributed by atoms with Crippen LogP contribution >= 0.6 is 11.3 Å². The minimum Gasteiger partial charge on any atom is -0.279 e. The van der Waals surface area contributed by atoms with Gasteiger partial charge in [0.2, 0.25) is 10.0 Å². The molecule has 0 spiro atoms. The summed E-state index contributed by atoms with van der Waals surface area (Å²) in [4.78, 5) is 24.8. The highest BCUT2D eigenvalue weighted by Gasteiger charge is 2.31. The topological polar surface area (TPSA) is 83.5 Å². The monoisotopic (exact) mass is 562 g/mol. The van der Waals surface area contributed by atoms with Crippen molar-refractivity contribution in [2.45, 2.75) is 70.4 Å². The van der Waals surface area contributed by atoms with Crippen molar-refractivity contribution in [1.29, 1.82) is 0 Å². The Labute approximate surface area is 234 Å². The Morgan fingerprint density at radius 3 is 2.44 bits per heavy atom. The lowest BCUT2D eigenvalue weighted by Crippen LogP contribution is -2.41. The number of nitrogens with zero attached hydrogens (tertiary/aromatic N) is 4. The van der Waals surface area contributed by atoms with Crippen molar-refractivity contribution >= 4 is 42.6 Å². The molecule has 0 atom stereocenters. The molecule has 9 heteroatoms. The highest BCUT2D eigenvalue weighted by Crippen LogP contribution is 2.34. The molecule has 0 N–H and O–H groups in total. The zero-order valence-corrected chi connectivity index (χ0v) is 24.3. The van der Waals surface area contributed by atoms with Crippen LogP contribution in [0.15, 0.2) is 65.8 Å². The molecule has 1 fully saturated rings.